The number of rotatable bonds is 14. The third-order valence-electron chi connectivity index (χ3n) is 6.54. The molecule has 1 saturated heterocycles. The van der Waals surface area contributed by atoms with Crippen LogP contribution in [0.3, 0.4) is 0 Å². The summed E-state index contributed by atoms with van der Waals surface area (Å²) in [6.45, 7) is 2.93. The molecule has 2 rings (SSSR count). The number of unbranched alkanes of at least 4 members (excludes halogenated alkanes) is 4. The summed E-state index contributed by atoms with van der Waals surface area (Å²) in [5, 5.41) is 10.4. The van der Waals surface area contributed by atoms with Gasteiger partial charge in [0.2, 0.25) is 0 Å². The van der Waals surface area contributed by atoms with Crippen LogP contribution in [0.15, 0.2) is 24.3 Å². The van der Waals surface area contributed by atoms with E-state index in [1.54, 1.807) is 0 Å². The Hall–Kier alpha value is -1.17. The zero-order valence-electron chi connectivity index (χ0n) is 19.7. The van der Waals surface area contributed by atoms with Crippen LogP contribution in [-0.2, 0) is 19.0 Å². The van der Waals surface area contributed by atoms with Crippen molar-refractivity contribution in [2.75, 3.05) is 13.7 Å². The number of esters is 1. The van der Waals surface area contributed by atoms with Crippen molar-refractivity contribution in [3.8, 4) is 0 Å². The predicted molar refractivity (Wildman–Crippen MR) is 124 cm³/mol. The Morgan fingerprint density at radius 1 is 1.10 bits per heavy atom. The normalized spacial score (nSPS) is 27.8. The van der Waals surface area contributed by atoms with Gasteiger partial charge < -0.3 is 19.3 Å². The second-order valence-electron chi connectivity index (χ2n) is 8.98. The lowest BCUT2D eigenvalue weighted by Gasteiger charge is -2.26. The van der Waals surface area contributed by atoms with Crippen LogP contribution in [-0.4, -0.2) is 43.3 Å². The third kappa shape index (κ3) is 9.88. The lowest BCUT2D eigenvalue weighted by Crippen LogP contribution is -2.33. The van der Waals surface area contributed by atoms with Gasteiger partial charge in [0.05, 0.1) is 13.2 Å². The molecule has 5 atom stereocenters. The molecule has 178 valence electrons. The van der Waals surface area contributed by atoms with Crippen LogP contribution >= 0.6 is 0 Å². The number of ether oxygens (including phenoxy) is 3. The largest absolute Gasteiger partial charge is 0.467 e. The average Bonchev–Trinajstić information content (AvgIpc) is 3.14. The Morgan fingerprint density at radius 2 is 1.97 bits per heavy atom. The number of methoxy groups -OCH3 is 1. The summed E-state index contributed by atoms with van der Waals surface area (Å²) in [4.78, 5) is 12.1. The Bertz CT molecular complexity index is 538. The van der Waals surface area contributed by atoms with Gasteiger partial charge in [-0.2, -0.15) is 0 Å². The number of hydrogen-bond donors (Lipinski definition) is 1. The molecule has 0 radical (unpaired) electrons. The first-order chi connectivity index (χ1) is 15.2. The van der Waals surface area contributed by atoms with E-state index in [4.69, 9.17) is 14.2 Å². The summed E-state index contributed by atoms with van der Waals surface area (Å²) >= 11 is 0. The number of hydrogen-bond acceptors (Lipinski definition) is 5. The van der Waals surface area contributed by atoms with E-state index in [1.165, 1.54) is 32.8 Å². The van der Waals surface area contributed by atoms with Gasteiger partial charge in [-0.3, -0.25) is 0 Å². The van der Waals surface area contributed by atoms with Crippen molar-refractivity contribution in [3.05, 3.63) is 24.3 Å². The highest BCUT2D eigenvalue weighted by molar-refractivity contribution is 5.74. The van der Waals surface area contributed by atoms with E-state index in [1.807, 2.05) is 0 Å². The minimum atomic E-state index is -0.585. The maximum absolute atomic E-state index is 12.1. The third-order valence-corrected chi connectivity index (χ3v) is 6.54. The molecular formula is C26H44O5. The molecule has 1 N–H and O–H groups in total. The van der Waals surface area contributed by atoms with Gasteiger partial charge >= 0.3 is 5.97 Å². The zero-order valence-corrected chi connectivity index (χ0v) is 19.7. The van der Waals surface area contributed by atoms with E-state index in [-0.39, 0.29) is 18.4 Å². The number of allylic oxidation sites excluding steroid dienone is 4. The van der Waals surface area contributed by atoms with Crippen molar-refractivity contribution in [1.29, 1.82) is 0 Å². The fourth-order valence-electron chi connectivity index (χ4n) is 4.60. The second kappa shape index (κ2) is 15.6. The summed E-state index contributed by atoms with van der Waals surface area (Å²) in [6, 6.07) is 0. The number of aliphatic hydroxyl groups is 1. The Kier molecular flexibility index (Phi) is 13.1. The quantitative estimate of drug-likeness (QED) is 0.215. The fourth-order valence-corrected chi connectivity index (χ4v) is 4.60. The number of carbonyl (C=O) groups excluding carboxylic acids is 1. The van der Waals surface area contributed by atoms with Crippen LogP contribution in [0.5, 0.6) is 0 Å². The first kappa shape index (κ1) is 26.1. The fraction of sp³-hybridized carbons (Fsp3) is 0.808. The molecule has 1 aliphatic heterocycles. The molecule has 2 fully saturated rings. The topological polar surface area (TPSA) is 65.0 Å². The van der Waals surface area contributed by atoms with E-state index < -0.39 is 6.10 Å². The Labute approximate surface area is 189 Å². The van der Waals surface area contributed by atoms with Crippen LogP contribution in [0, 0.1) is 11.8 Å². The summed E-state index contributed by atoms with van der Waals surface area (Å²) in [6.07, 6.45) is 21.2. The molecule has 1 saturated carbocycles. The first-order valence-corrected chi connectivity index (χ1v) is 12.5. The summed E-state index contributed by atoms with van der Waals surface area (Å²) in [5.74, 6) is 0.435. The molecule has 0 spiro atoms. The van der Waals surface area contributed by atoms with Gasteiger partial charge in [-0.25, -0.2) is 4.79 Å². The SMILES string of the molecule is CCCCCCC=C[C@H]1CCC(O)[C@@H]1CC=CCCC(OC1CCCCO1)C(=O)OC. The molecule has 0 aromatic carbocycles. The zero-order chi connectivity index (χ0) is 22.3. The summed E-state index contributed by atoms with van der Waals surface area (Å²) < 4.78 is 16.4. The van der Waals surface area contributed by atoms with Crippen molar-refractivity contribution < 1.29 is 24.1 Å². The molecule has 31 heavy (non-hydrogen) atoms. The predicted octanol–water partition coefficient (Wildman–Crippen LogP) is 5.71. The monoisotopic (exact) mass is 436 g/mol. The molecule has 0 aromatic heterocycles. The maximum Gasteiger partial charge on any atom is 0.335 e. The molecule has 5 heteroatoms. The van der Waals surface area contributed by atoms with E-state index in [0.717, 1.165) is 51.4 Å². The van der Waals surface area contributed by atoms with Crippen molar-refractivity contribution in [2.24, 2.45) is 11.8 Å². The molecule has 5 nitrogen and oxygen atoms in total. The standard InChI is InChI=1S/C26H44O5/c1-3-4-5-6-7-9-14-21-18-19-23(27)22(21)15-10-8-11-16-24(26(28)29-2)31-25-17-12-13-20-30-25/h8-10,14,21-25,27H,3-7,11-13,15-20H2,1-2H3/t21-,22+,23?,24?,25?/m0/s1. The minimum absolute atomic E-state index is 0.214. The Balaban J connectivity index is 1.73. The van der Waals surface area contributed by atoms with Gasteiger partial charge in [-0.05, 0) is 76.0 Å². The molecule has 0 aromatic rings. The molecular weight excluding hydrogens is 392 g/mol. The average molecular weight is 437 g/mol. The van der Waals surface area contributed by atoms with Crippen LogP contribution in [0.25, 0.3) is 0 Å². The smallest absolute Gasteiger partial charge is 0.335 e. The second-order valence-corrected chi connectivity index (χ2v) is 8.98. The Morgan fingerprint density at radius 3 is 2.71 bits per heavy atom. The highest BCUT2D eigenvalue weighted by atomic mass is 16.7. The molecule has 1 heterocycles. The van der Waals surface area contributed by atoms with Gasteiger partial charge in [0, 0.05) is 6.61 Å². The van der Waals surface area contributed by atoms with E-state index in [9.17, 15) is 9.90 Å². The van der Waals surface area contributed by atoms with Gasteiger partial charge in [0.25, 0.3) is 0 Å². The van der Waals surface area contributed by atoms with Crippen LogP contribution < -0.4 is 0 Å². The van der Waals surface area contributed by atoms with Gasteiger partial charge in [-0.1, -0.05) is 50.5 Å². The molecule has 3 unspecified atom stereocenters. The van der Waals surface area contributed by atoms with Crippen molar-refractivity contribution in [1.82, 2.24) is 0 Å². The number of aliphatic hydroxyl groups excluding tert-OH is 1. The molecule has 0 bridgehead atoms. The van der Waals surface area contributed by atoms with Crippen molar-refractivity contribution in [3.63, 3.8) is 0 Å². The van der Waals surface area contributed by atoms with Crippen molar-refractivity contribution in [2.45, 2.75) is 109 Å². The van der Waals surface area contributed by atoms with Gasteiger partial charge in [-0.15, -0.1) is 0 Å². The highest BCUT2D eigenvalue weighted by Gasteiger charge is 2.32. The molecule has 0 amide bonds. The molecule has 2 aliphatic rings. The number of carbonyl (C=O) groups is 1. The van der Waals surface area contributed by atoms with Crippen LogP contribution in [0.4, 0.5) is 0 Å². The first-order valence-electron chi connectivity index (χ1n) is 12.5. The summed E-state index contributed by atoms with van der Waals surface area (Å²) in [7, 11) is 1.40. The van der Waals surface area contributed by atoms with Crippen molar-refractivity contribution >= 4 is 5.97 Å². The van der Waals surface area contributed by atoms with Crippen LogP contribution in [0.2, 0.25) is 0 Å². The van der Waals surface area contributed by atoms with E-state index >= 15 is 0 Å². The van der Waals surface area contributed by atoms with E-state index in [0.29, 0.717) is 24.9 Å². The lowest BCUT2D eigenvalue weighted by atomic mass is 9.90. The van der Waals surface area contributed by atoms with Gasteiger partial charge in [0.1, 0.15) is 0 Å². The molecule has 1 aliphatic carbocycles. The summed E-state index contributed by atoms with van der Waals surface area (Å²) in [5.41, 5.74) is 0. The maximum atomic E-state index is 12.1. The van der Waals surface area contributed by atoms with Crippen LogP contribution in [0.1, 0.15) is 90.4 Å². The lowest BCUT2D eigenvalue weighted by molar-refractivity contribution is -0.203. The van der Waals surface area contributed by atoms with Gasteiger partial charge in [0.15, 0.2) is 12.4 Å². The highest BCUT2D eigenvalue weighted by Crippen LogP contribution is 2.36. The minimum Gasteiger partial charge on any atom is -0.467 e. The van der Waals surface area contributed by atoms with E-state index in [2.05, 4.69) is 31.2 Å².